The first-order valence-corrected chi connectivity index (χ1v) is 5.83. The Morgan fingerprint density at radius 3 is 2.94 bits per heavy atom. The largest absolute Gasteiger partial charge is 0.378 e. The molecule has 0 radical (unpaired) electrons. The Morgan fingerprint density at radius 1 is 1.41 bits per heavy atom. The highest BCUT2D eigenvalue weighted by atomic mass is 35.5. The lowest BCUT2D eigenvalue weighted by Crippen LogP contribution is -2.51. The van der Waals surface area contributed by atoms with E-state index in [1.807, 2.05) is 18.2 Å². The summed E-state index contributed by atoms with van der Waals surface area (Å²) < 4.78 is 1.68. The summed E-state index contributed by atoms with van der Waals surface area (Å²) in [5, 5.41) is 11.4. The molecule has 0 atom stereocenters. The van der Waals surface area contributed by atoms with Crippen LogP contribution in [-0.4, -0.2) is 33.9 Å². The van der Waals surface area contributed by atoms with Crippen LogP contribution in [-0.2, 0) is 0 Å². The summed E-state index contributed by atoms with van der Waals surface area (Å²) in [5.74, 6) is 0. The SMILES string of the molecule is Clc1cccc(NC2CNC2)c1-n1cncn1. The Hall–Kier alpha value is -1.59. The maximum Gasteiger partial charge on any atom is 0.138 e. The lowest BCUT2D eigenvalue weighted by molar-refractivity contribution is 0.472. The average Bonchev–Trinajstić information content (AvgIpc) is 2.76. The molecule has 2 heterocycles. The number of rotatable bonds is 3. The summed E-state index contributed by atoms with van der Waals surface area (Å²) >= 11 is 6.22. The molecule has 1 aliphatic rings. The van der Waals surface area contributed by atoms with Crippen LogP contribution < -0.4 is 10.6 Å². The normalized spacial score (nSPS) is 15.6. The first-order chi connectivity index (χ1) is 8.34. The van der Waals surface area contributed by atoms with E-state index in [0.717, 1.165) is 24.5 Å². The molecule has 0 amide bonds. The van der Waals surface area contributed by atoms with Gasteiger partial charge in [0, 0.05) is 13.1 Å². The topological polar surface area (TPSA) is 54.8 Å². The van der Waals surface area contributed by atoms with Gasteiger partial charge >= 0.3 is 0 Å². The van der Waals surface area contributed by atoms with Gasteiger partial charge in [0.05, 0.1) is 16.8 Å². The number of halogens is 1. The van der Waals surface area contributed by atoms with Crippen molar-refractivity contribution in [1.82, 2.24) is 20.1 Å². The minimum Gasteiger partial charge on any atom is -0.378 e. The van der Waals surface area contributed by atoms with Crippen LogP contribution in [0.2, 0.25) is 5.02 Å². The third kappa shape index (κ3) is 1.99. The highest BCUT2D eigenvalue weighted by Crippen LogP contribution is 2.28. The first kappa shape index (κ1) is 10.6. The van der Waals surface area contributed by atoms with Gasteiger partial charge in [-0.05, 0) is 12.1 Å². The molecule has 2 N–H and O–H groups in total. The van der Waals surface area contributed by atoms with Crippen LogP contribution in [0.4, 0.5) is 5.69 Å². The van der Waals surface area contributed by atoms with Crippen LogP contribution in [0.25, 0.3) is 5.69 Å². The highest BCUT2D eigenvalue weighted by Gasteiger charge is 2.19. The van der Waals surface area contributed by atoms with Gasteiger partial charge in [-0.3, -0.25) is 0 Å². The second kappa shape index (κ2) is 4.35. The van der Waals surface area contributed by atoms with E-state index in [1.165, 1.54) is 6.33 Å². The van der Waals surface area contributed by atoms with Crippen molar-refractivity contribution in [3.8, 4) is 5.69 Å². The molecule has 1 aliphatic heterocycles. The number of para-hydroxylation sites is 1. The number of hydrogen-bond acceptors (Lipinski definition) is 4. The van der Waals surface area contributed by atoms with Crippen LogP contribution in [0.3, 0.4) is 0 Å². The quantitative estimate of drug-likeness (QED) is 0.861. The van der Waals surface area contributed by atoms with Gasteiger partial charge in [-0.2, -0.15) is 5.10 Å². The molecule has 6 heteroatoms. The number of anilines is 1. The van der Waals surface area contributed by atoms with Crippen molar-refractivity contribution >= 4 is 17.3 Å². The monoisotopic (exact) mass is 249 g/mol. The maximum atomic E-state index is 6.22. The van der Waals surface area contributed by atoms with Gasteiger partial charge < -0.3 is 10.6 Å². The molecule has 0 unspecified atom stereocenters. The van der Waals surface area contributed by atoms with Gasteiger partial charge in [0.15, 0.2) is 0 Å². The molecule has 3 rings (SSSR count). The lowest BCUT2D eigenvalue weighted by Gasteiger charge is -2.29. The Labute approximate surface area is 104 Å². The van der Waals surface area contributed by atoms with Crippen LogP contribution in [0.5, 0.6) is 0 Å². The summed E-state index contributed by atoms with van der Waals surface area (Å²) in [6.45, 7) is 1.95. The highest BCUT2D eigenvalue weighted by molar-refractivity contribution is 6.33. The molecule has 17 heavy (non-hydrogen) atoms. The maximum absolute atomic E-state index is 6.22. The fraction of sp³-hybridized carbons (Fsp3) is 0.273. The fourth-order valence-electron chi connectivity index (χ4n) is 1.80. The predicted octanol–water partition coefficient (Wildman–Crippen LogP) is 1.30. The second-order valence-corrected chi connectivity index (χ2v) is 4.38. The Bertz CT molecular complexity index is 507. The zero-order valence-corrected chi connectivity index (χ0v) is 9.85. The summed E-state index contributed by atoms with van der Waals surface area (Å²) in [6, 6.07) is 6.23. The molecule has 0 aliphatic carbocycles. The van der Waals surface area contributed by atoms with Crippen LogP contribution >= 0.6 is 11.6 Å². The number of nitrogens with one attached hydrogen (secondary N) is 2. The van der Waals surface area contributed by atoms with Gasteiger partial charge in [-0.1, -0.05) is 17.7 Å². The van der Waals surface area contributed by atoms with Gasteiger partial charge in [-0.15, -0.1) is 0 Å². The summed E-state index contributed by atoms with van der Waals surface area (Å²) in [4.78, 5) is 3.95. The minimum absolute atomic E-state index is 0.454. The number of benzene rings is 1. The van der Waals surface area contributed by atoms with E-state index in [4.69, 9.17) is 11.6 Å². The summed E-state index contributed by atoms with van der Waals surface area (Å²) in [7, 11) is 0. The van der Waals surface area contributed by atoms with E-state index < -0.39 is 0 Å². The van der Waals surface area contributed by atoms with Gasteiger partial charge in [0.25, 0.3) is 0 Å². The molecule has 0 spiro atoms. The van der Waals surface area contributed by atoms with E-state index in [0.29, 0.717) is 11.1 Å². The van der Waals surface area contributed by atoms with Crippen molar-refractivity contribution in [2.45, 2.75) is 6.04 Å². The lowest BCUT2D eigenvalue weighted by atomic mass is 10.1. The van der Waals surface area contributed by atoms with E-state index in [1.54, 1.807) is 11.0 Å². The number of hydrogen-bond donors (Lipinski definition) is 2. The smallest absolute Gasteiger partial charge is 0.138 e. The first-order valence-electron chi connectivity index (χ1n) is 5.45. The van der Waals surface area contributed by atoms with Crippen LogP contribution in [0, 0.1) is 0 Å². The summed E-state index contributed by atoms with van der Waals surface area (Å²) in [6.07, 6.45) is 3.14. The second-order valence-electron chi connectivity index (χ2n) is 3.98. The molecule has 1 fully saturated rings. The molecule has 0 bridgehead atoms. The van der Waals surface area contributed by atoms with E-state index in [-0.39, 0.29) is 0 Å². The van der Waals surface area contributed by atoms with Crippen molar-refractivity contribution < 1.29 is 0 Å². The summed E-state index contributed by atoms with van der Waals surface area (Å²) in [5.41, 5.74) is 1.83. The van der Waals surface area contributed by atoms with Crippen molar-refractivity contribution in [2.24, 2.45) is 0 Å². The van der Waals surface area contributed by atoms with Crippen molar-refractivity contribution in [1.29, 1.82) is 0 Å². The molecule has 5 nitrogen and oxygen atoms in total. The molecular weight excluding hydrogens is 238 g/mol. The molecule has 2 aromatic rings. The molecule has 1 aromatic heterocycles. The van der Waals surface area contributed by atoms with E-state index in [9.17, 15) is 0 Å². The molecular formula is C11H12ClN5. The zero-order chi connectivity index (χ0) is 11.7. The number of aromatic nitrogens is 3. The Balaban J connectivity index is 1.99. The average molecular weight is 250 g/mol. The molecule has 0 saturated carbocycles. The van der Waals surface area contributed by atoms with Gasteiger partial charge in [-0.25, -0.2) is 9.67 Å². The standard InChI is InChI=1S/C11H12ClN5/c12-9-2-1-3-10(16-8-4-13-5-8)11(9)17-7-14-6-15-17/h1-3,6-8,13,16H,4-5H2. The van der Waals surface area contributed by atoms with Crippen molar-refractivity contribution in [2.75, 3.05) is 18.4 Å². The molecule has 1 saturated heterocycles. The van der Waals surface area contributed by atoms with Crippen LogP contribution in [0.1, 0.15) is 0 Å². The predicted molar refractivity (Wildman–Crippen MR) is 66.6 cm³/mol. The van der Waals surface area contributed by atoms with E-state index >= 15 is 0 Å². The van der Waals surface area contributed by atoms with Crippen molar-refractivity contribution in [3.63, 3.8) is 0 Å². The van der Waals surface area contributed by atoms with E-state index in [2.05, 4.69) is 20.7 Å². The fourth-order valence-corrected chi connectivity index (χ4v) is 2.06. The van der Waals surface area contributed by atoms with Crippen LogP contribution in [0.15, 0.2) is 30.9 Å². The Kier molecular flexibility index (Phi) is 2.70. The molecule has 88 valence electrons. The van der Waals surface area contributed by atoms with Gasteiger partial charge in [0.2, 0.25) is 0 Å². The van der Waals surface area contributed by atoms with Crippen molar-refractivity contribution in [3.05, 3.63) is 35.9 Å². The molecule has 1 aromatic carbocycles. The minimum atomic E-state index is 0.454. The number of nitrogens with zero attached hydrogens (tertiary/aromatic N) is 3. The zero-order valence-electron chi connectivity index (χ0n) is 9.10. The third-order valence-electron chi connectivity index (χ3n) is 2.78. The van der Waals surface area contributed by atoms with Gasteiger partial charge in [0.1, 0.15) is 18.3 Å². The third-order valence-corrected chi connectivity index (χ3v) is 3.08. The Morgan fingerprint density at radius 2 is 2.29 bits per heavy atom.